The molecule has 0 aliphatic carbocycles. The van der Waals surface area contributed by atoms with Gasteiger partial charge in [0.2, 0.25) is 0 Å². The number of nitrogens with one attached hydrogen (secondary N) is 1. The van der Waals surface area contributed by atoms with Crippen LogP contribution in [-0.2, 0) is 0 Å². The minimum atomic E-state index is 0.682. The van der Waals surface area contributed by atoms with Crippen molar-refractivity contribution in [2.45, 2.75) is 0 Å². The van der Waals surface area contributed by atoms with Gasteiger partial charge in [0.25, 0.3) is 0 Å². The highest BCUT2D eigenvalue weighted by atomic mass is 79.9. The Hall–Kier alpha value is -1.12. The maximum absolute atomic E-state index is 9.04. The number of nitrogens with zero attached hydrogens (tertiary/aromatic N) is 2. The van der Waals surface area contributed by atoms with Gasteiger partial charge in [0.15, 0.2) is 0 Å². The first kappa shape index (κ1) is 9.44. The number of pyridine rings is 1. The van der Waals surface area contributed by atoms with Crippen molar-refractivity contribution in [3.05, 3.63) is 22.4 Å². The molecule has 0 aromatic carbocycles. The number of thiophene rings is 1. The van der Waals surface area contributed by atoms with E-state index >= 15 is 0 Å². The lowest BCUT2D eigenvalue weighted by atomic mass is 10.2. The highest BCUT2D eigenvalue weighted by molar-refractivity contribution is 9.10. The molecule has 0 spiro atoms. The van der Waals surface area contributed by atoms with Crippen LogP contribution in [0.3, 0.4) is 0 Å². The summed E-state index contributed by atoms with van der Waals surface area (Å²) < 4.78 is 1.88. The fourth-order valence-electron chi connectivity index (χ4n) is 1.29. The molecule has 5 heteroatoms. The van der Waals surface area contributed by atoms with E-state index in [0.717, 1.165) is 19.6 Å². The summed E-state index contributed by atoms with van der Waals surface area (Å²) in [5.41, 5.74) is 0.682. The Morgan fingerprint density at radius 2 is 2.36 bits per heavy atom. The van der Waals surface area contributed by atoms with Crippen LogP contribution in [0.1, 0.15) is 5.56 Å². The summed E-state index contributed by atoms with van der Waals surface area (Å²) in [4.78, 5) is 4.06. The largest absolute Gasteiger partial charge is 0.379 e. The van der Waals surface area contributed by atoms with Crippen LogP contribution in [0.15, 0.2) is 16.9 Å². The van der Waals surface area contributed by atoms with E-state index in [0.29, 0.717) is 5.56 Å². The standard InChI is InChI=1S/C9H6BrN3S/c1-12-9-5(2-11)8-6(10)3-13-4-7(8)14-9/h3-4,12H,1H3. The maximum atomic E-state index is 9.04. The molecule has 0 aliphatic heterocycles. The smallest absolute Gasteiger partial charge is 0.107 e. The fourth-order valence-corrected chi connectivity index (χ4v) is 2.96. The van der Waals surface area contributed by atoms with Crippen LogP contribution in [0.2, 0.25) is 0 Å². The third-order valence-corrected chi connectivity index (χ3v) is 3.64. The molecule has 0 saturated carbocycles. The van der Waals surface area contributed by atoms with E-state index in [4.69, 9.17) is 5.26 Å². The van der Waals surface area contributed by atoms with Gasteiger partial charge in [-0.2, -0.15) is 5.26 Å². The van der Waals surface area contributed by atoms with Crippen LogP contribution in [0, 0.1) is 11.3 Å². The number of nitriles is 1. The van der Waals surface area contributed by atoms with E-state index in [1.54, 1.807) is 12.4 Å². The Morgan fingerprint density at radius 1 is 1.57 bits per heavy atom. The van der Waals surface area contributed by atoms with E-state index in [-0.39, 0.29) is 0 Å². The molecule has 2 aromatic heterocycles. The van der Waals surface area contributed by atoms with Crippen LogP contribution in [0.4, 0.5) is 5.00 Å². The van der Waals surface area contributed by atoms with E-state index in [1.165, 1.54) is 11.3 Å². The molecule has 3 nitrogen and oxygen atoms in total. The summed E-state index contributed by atoms with van der Waals surface area (Å²) in [6, 6.07) is 2.20. The van der Waals surface area contributed by atoms with E-state index in [9.17, 15) is 0 Å². The average molecular weight is 268 g/mol. The lowest BCUT2D eigenvalue weighted by molar-refractivity contribution is 1.35. The Kier molecular flexibility index (Phi) is 2.40. The number of fused-ring (bicyclic) bond motifs is 1. The monoisotopic (exact) mass is 267 g/mol. The van der Waals surface area contributed by atoms with E-state index < -0.39 is 0 Å². The van der Waals surface area contributed by atoms with Crippen molar-refractivity contribution in [2.75, 3.05) is 12.4 Å². The number of anilines is 1. The molecule has 0 amide bonds. The SMILES string of the molecule is CNc1sc2cncc(Br)c2c1C#N. The molecule has 0 atom stereocenters. The van der Waals surface area contributed by atoms with Crippen molar-refractivity contribution in [1.29, 1.82) is 5.26 Å². The summed E-state index contributed by atoms with van der Waals surface area (Å²) in [6.07, 6.45) is 3.47. The third kappa shape index (κ3) is 1.27. The fraction of sp³-hybridized carbons (Fsp3) is 0.111. The number of hydrogen-bond acceptors (Lipinski definition) is 4. The molecule has 0 bridgehead atoms. The van der Waals surface area contributed by atoms with Gasteiger partial charge < -0.3 is 5.32 Å². The summed E-state index contributed by atoms with van der Waals surface area (Å²) in [6.45, 7) is 0. The van der Waals surface area contributed by atoms with Crippen LogP contribution in [-0.4, -0.2) is 12.0 Å². The molecule has 0 radical (unpaired) electrons. The van der Waals surface area contributed by atoms with Gasteiger partial charge in [-0.25, -0.2) is 0 Å². The maximum Gasteiger partial charge on any atom is 0.107 e. The van der Waals surface area contributed by atoms with Crippen molar-refractivity contribution < 1.29 is 0 Å². The van der Waals surface area contributed by atoms with Crippen molar-refractivity contribution >= 4 is 42.4 Å². The summed E-state index contributed by atoms with van der Waals surface area (Å²) in [7, 11) is 1.81. The van der Waals surface area contributed by atoms with Gasteiger partial charge in [-0.05, 0) is 15.9 Å². The number of halogens is 1. The van der Waals surface area contributed by atoms with Crippen molar-refractivity contribution in [3.63, 3.8) is 0 Å². The third-order valence-electron chi connectivity index (χ3n) is 1.89. The van der Waals surface area contributed by atoms with E-state index in [1.807, 2.05) is 7.05 Å². The van der Waals surface area contributed by atoms with Gasteiger partial charge in [-0.15, -0.1) is 11.3 Å². The second-order valence-electron chi connectivity index (χ2n) is 2.66. The van der Waals surface area contributed by atoms with Crippen LogP contribution >= 0.6 is 27.3 Å². The van der Waals surface area contributed by atoms with Gasteiger partial charge in [0, 0.05) is 29.3 Å². The zero-order valence-corrected chi connectivity index (χ0v) is 9.74. The first-order valence-electron chi connectivity index (χ1n) is 3.91. The zero-order chi connectivity index (χ0) is 10.1. The van der Waals surface area contributed by atoms with Crippen molar-refractivity contribution in [3.8, 4) is 6.07 Å². The number of aromatic nitrogens is 1. The Bertz CT molecular complexity index is 527. The summed E-state index contributed by atoms with van der Waals surface area (Å²) in [5.74, 6) is 0. The molecule has 2 rings (SSSR count). The Morgan fingerprint density at radius 3 is 3.00 bits per heavy atom. The van der Waals surface area contributed by atoms with Gasteiger partial charge in [0.1, 0.15) is 11.1 Å². The minimum absolute atomic E-state index is 0.682. The molecule has 1 N–H and O–H groups in total. The molecular formula is C9H6BrN3S. The Labute approximate surface area is 93.5 Å². The topological polar surface area (TPSA) is 48.7 Å². The van der Waals surface area contributed by atoms with Crippen LogP contribution in [0.5, 0.6) is 0 Å². The predicted molar refractivity (Wildman–Crippen MR) is 61.6 cm³/mol. The van der Waals surface area contributed by atoms with E-state index in [2.05, 4.69) is 32.3 Å². The molecular weight excluding hydrogens is 262 g/mol. The number of rotatable bonds is 1. The highest BCUT2D eigenvalue weighted by Crippen LogP contribution is 2.37. The Balaban J connectivity index is 2.90. The van der Waals surface area contributed by atoms with Crippen LogP contribution < -0.4 is 5.32 Å². The molecule has 0 saturated heterocycles. The second kappa shape index (κ2) is 3.56. The number of hydrogen-bond donors (Lipinski definition) is 1. The van der Waals surface area contributed by atoms with Crippen LogP contribution in [0.25, 0.3) is 10.1 Å². The van der Waals surface area contributed by atoms with Crippen molar-refractivity contribution in [2.24, 2.45) is 0 Å². The second-order valence-corrected chi connectivity index (χ2v) is 4.57. The minimum Gasteiger partial charge on any atom is -0.379 e. The molecule has 2 heterocycles. The molecule has 0 aliphatic rings. The van der Waals surface area contributed by atoms with Crippen molar-refractivity contribution in [1.82, 2.24) is 4.98 Å². The lowest BCUT2D eigenvalue weighted by Gasteiger charge is -1.94. The average Bonchev–Trinajstić information content (AvgIpc) is 2.56. The molecule has 0 fully saturated rings. The molecule has 14 heavy (non-hydrogen) atoms. The summed E-state index contributed by atoms with van der Waals surface area (Å²) in [5, 5.41) is 13.9. The quantitative estimate of drug-likeness (QED) is 0.864. The zero-order valence-electron chi connectivity index (χ0n) is 7.34. The molecule has 2 aromatic rings. The predicted octanol–water partition coefficient (Wildman–Crippen LogP) is 2.97. The lowest BCUT2D eigenvalue weighted by Crippen LogP contribution is -1.86. The summed E-state index contributed by atoms with van der Waals surface area (Å²) >= 11 is 4.93. The first-order chi connectivity index (χ1) is 6.77. The van der Waals surface area contributed by atoms with Gasteiger partial charge >= 0.3 is 0 Å². The molecule has 70 valence electrons. The normalized spacial score (nSPS) is 10.1. The highest BCUT2D eigenvalue weighted by Gasteiger charge is 2.13. The van der Waals surface area contributed by atoms with Gasteiger partial charge in [-0.1, -0.05) is 0 Å². The first-order valence-corrected chi connectivity index (χ1v) is 5.52. The van der Waals surface area contributed by atoms with Gasteiger partial charge in [-0.3, -0.25) is 4.98 Å². The van der Waals surface area contributed by atoms with Gasteiger partial charge in [0.05, 0.1) is 10.3 Å². The molecule has 0 unspecified atom stereocenters.